The maximum atomic E-state index is 13.0. The van der Waals surface area contributed by atoms with E-state index in [0.29, 0.717) is 37.1 Å². The van der Waals surface area contributed by atoms with E-state index in [1.807, 2.05) is 36.4 Å². The van der Waals surface area contributed by atoms with Crippen LogP contribution in [0.5, 0.6) is 0 Å². The van der Waals surface area contributed by atoms with Crippen LogP contribution in [0.3, 0.4) is 0 Å². The number of hydrogen-bond donors (Lipinski definition) is 2. The Bertz CT molecular complexity index is 1650. The summed E-state index contributed by atoms with van der Waals surface area (Å²) in [6.07, 6.45) is 3.22. The van der Waals surface area contributed by atoms with Crippen LogP contribution in [0.15, 0.2) is 48.5 Å². The zero-order chi connectivity index (χ0) is 23.6. The molecule has 172 valence electrons. The number of rotatable bonds is 5. The summed E-state index contributed by atoms with van der Waals surface area (Å²) in [5, 5.41) is 4.24. The minimum absolute atomic E-state index is 0.315. The summed E-state index contributed by atoms with van der Waals surface area (Å²) in [5.41, 5.74) is 7.09. The zero-order valence-electron chi connectivity index (χ0n) is 18.6. The Morgan fingerprint density at radius 3 is 2.50 bits per heavy atom. The van der Waals surface area contributed by atoms with E-state index in [4.69, 9.17) is 0 Å². The molecule has 0 bridgehead atoms. The summed E-state index contributed by atoms with van der Waals surface area (Å²) in [5.74, 6) is -0.681. The highest BCUT2D eigenvalue weighted by atomic mass is 32.2. The number of benzene rings is 3. The lowest BCUT2D eigenvalue weighted by atomic mass is 9.80. The highest BCUT2D eigenvalue weighted by Crippen LogP contribution is 2.47. The third-order valence-corrected chi connectivity index (χ3v) is 7.57. The molecular weight excluding hydrogens is 450 g/mol. The number of carbonyl (C=O) groups excluding carboxylic acids is 2. The van der Waals surface area contributed by atoms with Gasteiger partial charge in [-0.1, -0.05) is 42.5 Å². The molecule has 7 nitrogen and oxygen atoms in total. The van der Waals surface area contributed by atoms with Gasteiger partial charge in [-0.05, 0) is 42.0 Å². The fraction of sp³-hybridized carbons (Fsp3) is 0.231. The number of amides is 2. The molecule has 34 heavy (non-hydrogen) atoms. The number of sulfonamides is 1. The third kappa shape index (κ3) is 3.09. The molecule has 4 aromatic rings. The Labute approximate surface area is 196 Å². The van der Waals surface area contributed by atoms with Crippen molar-refractivity contribution in [1.82, 2.24) is 14.6 Å². The minimum Gasteiger partial charge on any atom is -0.340 e. The summed E-state index contributed by atoms with van der Waals surface area (Å²) in [6, 6.07) is 16.1. The predicted octanol–water partition coefficient (Wildman–Crippen LogP) is 3.38. The normalized spacial score (nSPS) is 14.9. The molecule has 3 aromatic carbocycles. The number of aryl methyl sites for hydroxylation is 2. The van der Waals surface area contributed by atoms with E-state index in [1.165, 1.54) is 5.56 Å². The topological polar surface area (TPSA) is 97.3 Å². The lowest BCUT2D eigenvalue weighted by Gasteiger charge is -2.24. The fourth-order valence-corrected chi connectivity index (χ4v) is 6.09. The van der Waals surface area contributed by atoms with Crippen LogP contribution in [0, 0.1) is 0 Å². The maximum Gasteiger partial charge on any atom is 0.259 e. The lowest BCUT2D eigenvalue weighted by Crippen LogP contribution is -2.23. The van der Waals surface area contributed by atoms with Crippen LogP contribution in [0.2, 0.25) is 0 Å². The van der Waals surface area contributed by atoms with Gasteiger partial charge in [0.1, 0.15) is 0 Å². The van der Waals surface area contributed by atoms with Crippen molar-refractivity contribution in [3.8, 4) is 11.1 Å². The number of imide groups is 1. The Morgan fingerprint density at radius 2 is 1.68 bits per heavy atom. The summed E-state index contributed by atoms with van der Waals surface area (Å²) in [6.45, 7) is 0.880. The van der Waals surface area contributed by atoms with Crippen molar-refractivity contribution in [3.63, 3.8) is 0 Å². The number of aromatic nitrogens is 1. The Morgan fingerprint density at radius 1 is 0.941 bits per heavy atom. The molecule has 2 amide bonds. The number of nitrogens with zero attached hydrogens (tertiary/aromatic N) is 1. The first kappa shape index (κ1) is 21.1. The predicted molar refractivity (Wildman–Crippen MR) is 132 cm³/mol. The van der Waals surface area contributed by atoms with Crippen LogP contribution in [0.4, 0.5) is 0 Å². The van der Waals surface area contributed by atoms with E-state index < -0.39 is 10.0 Å². The molecule has 0 saturated carbocycles. The van der Waals surface area contributed by atoms with Crippen molar-refractivity contribution in [2.45, 2.75) is 25.8 Å². The minimum atomic E-state index is -3.28. The average Bonchev–Trinajstić information content (AvgIpc) is 3.29. The zero-order valence-corrected chi connectivity index (χ0v) is 19.5. The van der Waals surface area contributed by atoms with Crippen LogP contribution in [0.25, 0.3) is 32.9 Å². The van der Waals surface area contributed by atoms with Gasteiger partial charge in [-0.15, -0.1) is 0 Å². The summed E-state index contributed by atoms with van der Waals surface area (Å²) in [7, 11) is -3.28. The molecule has 0 spiro atoms. The van der Waals surface area contributed by atoms with Gasteiger partial charge < -0.3 is 4.57 Å². The van der Waals surface area contributed by atoms with Crippen LogP contribution >= 0.6 is 0 Å². The van der Waals surface area contributed by atoms with Gasteiger partial charge in [-0.2, -0.15) is 0 Å². The Kier molecular flexibility index (Phi) is 4.65. The maximum absolute atomic E-state index is 13.0. The Hall–Kier alpha value is -3.49. The van der Waals surface area contributed by atoms with Crippen LogP contribution < -0.4 is 10.0 Å². The van der Waals surface area contributed by atoms with Gasteiger partial charge in [0.15, 0.2) is 0 Å². The Balaban J connectivity index is 1.69. The summed E-state index contributed by atoms with van der Waals surface area (Å²) < 4.78 is 27.8. The van der Waals surface area contributed by atoms with Gasteiger partial charge in [0.2, 0.25) is 10.0 Å². The SMILES string of the molecule is CS(=O)(=O)NCCCn1c2ccccc2c2c3c(c4c(c21)-c1ccccc1CC4)C(=O)NC3=O. The first-order valence-corrected chi connectivity index (χ1v) is 13.2. The van der Waals surface area contributed by atoms with E-state index in [2.05, 4.69) is 26.7 Å². The van der Waals surface area contributed by atoms with E-state index in [-0.39, 0.29) is 11.8 Å². The largest absolute Gasteiger partial charge is 0.340 e. The molecule has 1 aromatic heterocycles. The van der Waals surface area contributed by atoms with Gasteiger partial charge >= 0.3 is 0 Å². The molecule has 2 N–H and O–H groups in total. The van der Waals surface area contributed by atoms with Crippen LogP contribution in [-0.2, 0) is 29.4 Å². The molecule has 0 unspecified atom stereocenters. The van der Waals surface area contributed by atoms with Gasteiger partial charge in [-0.25, -0.2) is 13.1 Å². The molecule has 0 atom stereocenters. The fourth-order valence-electron chi connectivity index (χ4n) is 5.57. The first-order chi connectivity index (χ1) is 16.3. The second-order valence-corrected chi connectivity index (χ2v) is 10.8. The molecule has 0 fully saturated rings. The monoisotopic (exact) mass is 473 g/mol. The van der Waals surface area contributed by atoms with Gasteiger partial charge in [0, 0.05) is 34.9 Å². The quantitative estimate of drug-likeness (QED) is 0.343. The van der Waals surface area contributed by atoms with E-state index in [1.54, 1.807) is 0 Å². The van der Waals surface area contributed by atoms with Crippen molar-refractivity contribution < 1.29 is 18.0 Å². The molecule has 1 aliphatic heterocycles. The van der Waals surface area contributed by atoms with Crippen molar-refractivity contribution in [3.05, 3.63) is 70.8 Å². The number of fused-ring (bicyclic) bond motifs is 10. The molecule has 0 saturated heterocycles. The second-order valence-electron chi connectivity index (χ2n) is 8.96. The van der Waals surface area contributed by atoms with E-state index in [0.717, 1.165) is 51.2 Å². The molecule has 6 rings (SSSR count). The van der Waals surface area contributed by atoms with Crippen molar-refractivity contribution in [1.29, 1.82) is 0 Å². The van der Waals surface area contributed by atoms with Gasteiger partial charge in [-0.3, -0.25) is 14.9 Å². The van der Waals surface area contributed by atoms with Gasteiger partial charge in [0.05, 0.1) is 22.9 Å². The molecular formula is C26H23N3O4S. The highest BCUT2D eigenvalue weighted by Gasteiger charge is 2.37. The van der Waals surface area contributed by atoms with E-state index >= 15 is 0 Å². The summed E-state index contributed by atoms with van der Waals surface area (Å²) >= 11 is 0. The molecule has 8 heteroatoms. The first-order valence-electron chi connectivity index (χ1n) is 11.3. The lowest BCUT2D eigenvalue weighted by molar-refractivity contribution is 0.0880. The third-order valence-electron chi connectivity index (χ3n) is 6.85. The number of para-hydroxylation sites is 1. The number of carbonyl (C=O) groups is 2. The molecule has 1 aliphatic carbocycles. The van der Waals surface area contributed by atoms with Crippen LogP contribution in [0.1, 0.15) is 38.3 Å². The average molecular weight is 474 g/mol. The van der Waals surface area contributed by atoms with Gasteiger partial charge in [0.25, 0.3) is 11.8 Å². The number of nitrogens with one attached hydrogen (secondary N) is 2. The van der Waals surface area contributed by atoms with Crippen molar-refractivity contribution >= 4 is 43.6 Å². The summed E-state index contributed by atoms with van der Waals surface area (Å²) in [4.78, 5) is 26.0. The van der Waals surface area contributed by atoms with E-state index in [9.17, 15) is 18.0 Å². The van der Waals surface area contributed by atoms with Crippen molar-refractivity contribution in [2.75, 3.05) is 12.8 Å². The molecule has 2 heterocycles. The standard InChI is InChI=1S/C26H23N3O4S/c1-34(32,33)27-13-6-14-29-19-10-5-4-9-17(19)21-23-22(25(30)28-26(23)31)18-12-11-15-7-2-3-8-16(15)20(18)24(21)29/h2-5,7-10,27H,6,11-14H2,1H3,(H,28,30,31). The highest BCUT2D eigenvalue weighted by molar-refractivity contribution is 7.88. The smallest absolute Gasteiger partial charge is 0.259 e. The molecule has 2 aliphatic rings. The van der Waals surface area contributed by atoms with Crippen LogP contribution in [-0.4, -0.2) is 37.6 Å². The molecule has 0 radical (unpaired) electrons. The van der Waals surface area contributed by atoms with Crippen molar-refractivity contribution in [2.24, 2.45) is 0 Å². The number of hydrogen-bond acceptors (Lipinski definition) is 4. The second kappa shape index (κ2) is 7.51.